The average molecular weight is 316 g/mol. The highest BCUT2D eigenvalue weighted by Crippen LogP contribution is 2.32. The molecule has 4 nitrogen and oxygen atoms in total. The third kappa shape index (κ3) is 5.19. The molecular weight excluding hydrogens is 307 g/mol. The van der Waals surface area contributed by atoms with Crippen LogP contribution in [0.15, 0.2) is 18.2 Å². The number of halogens is 5. The average Bonchev–Trinajstić information content (AvgIpc) is 2.33. The predicted octanol–water partition coefficient (Wildman–Crippen LogP) is 4.20. The lowest BCUT2D eigenvalue weighted by Gasteiger charge is -2.12. The molecule has 0 atom stereocenters. The second-order valence-corrected chi connectivity index (χ2v) is 4.71. The number of nitrogens with zero attached hydrogens (tertiary/aromatic N) is 1. The van der Waals surface area contributed by atoms with Gasteiger partial charge in [-0.25, -0.2) is 8.78 Å². The summed E-state index contributed by atoms with van der Waals surface area (Å²) in [6.07, 6.45) is -2.97. The molecular formula is C10H9F5N2O2S. The Morgan fingerprint density at radius 3 is 2.50 bits per heavy atom. The van der Waals surface area contributed by atoms with Crippen molar-refractivity contribution in [2.75, 3.05) is 17.6 Å². The molecule has 0 aliphatic rings. The summed E-state index contributed by atoms with van der Waals surface area (Å²) in [6.45, 7) is -0.193. The van der Waals surface area contributed by atoms with Crippen LogP contribution in [0.25, 0.3) is 0 Å². The van der Waals surface area contributed by atoms with Gasteiger partial charge in [-0.3, -0.25) is 10.1 Å². The number of hydrogen-bond acceptors (Lipinski definition) is 4. The minimum Gasteiger partial charge on any atom is -0.384 e. The lowest BCUT2D eigenvalue weighted by atomic mass is 10.1. The van der Waals surface area contributed by atoms with Gasteiger partial charge < -0.3 is 5.32 Å². The summed E-state index contributed by atoms with van der Waals surface area (Å²) in [5, 5.41) is 12.9. The van der Waals surface area contributed by atoms with Gasteiger partial charge in [-0.15, -0.1) is 0 Å². The van der Waals surface area contributed by atoms with E-state index >= 15 is 0 Å². The maximum atomic E-state index is 12.7. The summed E-state index contributed by atoms with van der Waals surface area (Å²) >= 11 is -0.283. The van der Waals surface area contributed by atoms with Crippen LogP contribution in [0.1, 0.15) is 12.0 Å². The smallest absolute Gasteiger partial charge is 0.384 e. The molecule has 20 heavy (non-hydrogen) atoms. The Balaban J connectivity index is 2.72. The second kappa shape index (κ2) is 6.73. The van der Waals surface area contributed by atoms with E-state index in [0.29, 0.717) is 6.07 Å². The highest BCUT2D eigenvalue weighted by Gasteiger charge is 2.27. The van der Waals surface area contributed by atoms with Crippen molar-refractivity contribution < 1.29 is 26.9 Å². The molecule has 0 radical (unpaired) electrons. The van der Waals surface area contributed by atoms with E-state index in [1.165, 1.54) is 0 Å². The first kappa shape index (κ1) is 16.5. The van der Waals surface area contributed by atoms with Crippen LogP contribution in [-0.4, -0.2) is 22.7 Å². The molecule has 0 bridgehead atoms. The zero-order valence-electron chi connectivity index (χ0n) is 9.79. The SMILES string of the molecule is O=[N+]([O-])c1ccc(NCCSC(F)(F)F)c(C(F)F)c1. The molecule has 0 aliphatic heterocycles. The maximum Gasteiger partial charge on any atom is 0.441 e. The van der Waals surface area contributed by atoms with Gasteiger partial charge in [0.15, 0.2) is 0 Å². The molecule has 0 amide bonds. The van der Waals surface area contributed by atoms with Crippen LogP contribution in [0.3, 0.4) is 0 Å². The first-order valence-corrected chi connectivity index (χ1v) is 6.20. The van der Waals surface area contributed by atoms with E-state index in [1.807, 2.05) is 0 Å². The number of thioether (sulfide) groups is 1. The fourth-order valence-corrected chi connectivity index (χ4v) is 1.79. The van der Waals surface area contributed by atoms with E-state index in [9.17, 15) is 32.1 Å². The monoisotopic (exact) mass is 316 g/mol. The van der Waals surface area contributed by atoms with Gasteiger partial charge >= 0.3 is 5.51 Å². The maximum absolute atomic E-state index is 12.7. The van der Waals surface area contributed by atoms with E-state index in [2.05, 4.69) is 5.32 Å². The number of rotatable bonds is 6. The lowest BCUT2D eigenvalue weighted by Crippen LogP contribution is -2.11. The number of nitro groups is 1. The third-order valence-corrected chi connectivity index (χ3v) is 2.90. The highest BCUT2D eigenvalue weighted by molar-refractivity contribution is 8.00. The van der Waals surface area contributed by atoms with Crippen molar-refractivity contribution in [1.82, 2.24) is 0 Å². The molecule has 1 N–H and O–H groups in total. The molecule has 1 rings (SSSR count). The molecule has 0 heterocycles. The Labute approximate surface area is 114 Å². The molecule has 112 valence electrons. The molecule has 0 saturated heterocycles. The number of nitrogens with one attached hydrogen (secondary N) is 1. The number of benzene rings is 1. The fourth-order valence-electron chi connectivity index (χ4n) is 1.36. The van der Waals surface area contributed by atoms with Gasteiger partial charge in [0, 0.05) is 35.7 Å². The molecule has 0 saturated carbocycles. The van der Waals surface area contributed by atoms with Gasteiger partial charge in [0.1, 0.15) is 0 Å². The van der Waals surface area contributed by atoms with Crippen molar-refractivity contribution in [3.63, 3.8) is 0 Å². The second-order valence-electron chi connectivity index (χ2n) is 3.55. The van der Waals surface area contributed by atoms with Crippen molar-refractivity contribution in [2.45, 2.75) is 11.9 Å². The summed E-state index contributed by atoms with van der Waals surface area (Å²) in [5.74, 6) is -0.358. The topological polar surface area (TPSA) is 55.2 Å². The van der Waals surface area contributed by atoms with Gasteiger partial charge in [-0.1, -0.05) is 0 Å². The summed E-state index contributed by atoms with van der Waals surface area (Å²) < 4.78 is 61.1. The standard InChI is InChI=1S/C10H9F5N2O2S/c11-9(12)7-5-6(17(18)19)1-2-8(7)16-3-4-20-10(13,14)15/h1-2,5,9,16H,3-4H2. The van der Waals surface area contributed by atoms with E-state index in [-0.39, 0.29) is 29.7 Å². The van der Waals surface area contributed by atoms with Crippen molar-refractivity contribution in [3.8, 4) is 0 Å². The molecule has 0 aromatic heterocycles. The van der Waals surface area contributed by atoms with Crippen LogP contribution in [0.2, 0.25) is 0 Å². The summed E-state index contributed by atoms with van der Waals surface area (Å²) in [5.41, 5.74) is -5.62. The fraction of sp³-hybridized carbons (Fsp3) is 0.400. The van der Waals surface area contributed by atoms with Crippen molar-refractivity contribution in [1.29, 1.82) is 0 Å². The van der Waals surface area contributed by atoms with E-state index < -0.39 is 28.1 Å². The zero-order valence-corrected chi connectivity index (χ0v) is 10.6. The van der Waals surface area contributed by atoms with Gasteiger partial charge in [0.25, 0.3) is 12.1 Å². The van der Waals surface area contributed by atoms with Gasteiger partial charge in [0.05, 0.1) is 4.92 Å². The highest BCUT2D eigenvalue weighted by atomic mass is 32.2. The van der Waals surface area contributed by atoms with Crippen LogP contribution in [-0.2, 0) is 0 Å². The van der Waals surface area contributed by atoms with Crippen LogP contribution >= 0.6 is 11.8 Å². The van der Waals surface area contributed by atoms with Gasteiger partial charge in [-0.2, -0.15) is 13.2 Å². The number of anilines is 1. The summed E-state index contributed by atoms with van der Waals surface area (Å²) in [4.78, 5) is 9.65. The van der Waals surface area contributed by atoms with Crippen molar-refractivity contribution in [2.24, 2.45) is 0 Å². The van der Waals surface area contributed by atoms with Crippen LogP contribution in [0.4, 0.5) is 33.3 Å². The number of alkyl halides is 5. The Morgan fingerprint density at radius 1 is 1.35 bits per heavy atom. The van der Waals surface area contributed by atoms with Crippen LogP contribution < -0.4 is 5.32 Å². The van der Waals surface area contributed by atoms with E-state index in [0.717, 1.165) is 12.1 Å². The first-order valence-electron chi connectivity index (χ1n) is 5.22. The van der Waals surface area contributed by atoms with Crippen molar-refractivity contribution in [3.05, 3.63) is 33.9 Å². The minimum absolute atomic E-state index is 0.117. The minimum atomic E-state index is -4.39. The van der Waals surface area contributed by atoms with Gasteiger partial charge in [-0.05, 0) is 17.8 Å². The molecule has 0 spiro atoms. The largest absolute Gasteiger partial charge is 0.441 e. The summed E-state index contributed by atoms with van der Waals surface area (Å²) in [6, 6.07) is 2.76. The van der Waals surface area contributed by atoms with E-state index in [1.54, 1.807) is 0 Å². The van der Waals surface area contributed by atoms with Crippen LogP contribution in [0.5, 0.6) is 0 Å². The van der Waals surface area contributed by atoms with Crippen molar-refractivity contribution >= 4 is 23.1 Å². The normalized spacial score (nSPS) is 11.7. The molecule has 1 aromatic carbocycles. The molecule has 0 aliphatic carbocycles. The Kier molecular flexibility index (Phi) is 5.54. The van der Waals surface area contributed by atoms with E-state index in [4.69, 9.17) is 0 Å². The molecule has 1 aromatic rings. The quantitative estimate of drug-likeness (QED) is 0.370. The van der Waals surface area contributed by atoms with Gasteiger partial charge in [0.2, 0.25) is 0 Å². The molecule has 10 heteroatoms. The Morgan fingerprint density at radius 2 is 2.00 bits per heavy atom. The predicted molar refractivity (Wildman–Crippen MR) is 65.1 cm³/mol. The lowest BCUT2D eigenvalue weighted by molar-refractivity contribution is -0.385. The Bertz CT molecular complexity index is 481. The Hall–Kier alpha value is -1.58. The summed E-state index contributed by atoms with van der Waals surface area (Å²) in [7, 11) is 0. The van der Waals surface area contributed by atoms with Crippen LogP contribution in [0, 0.1) is 10.1 Å². The first-order chi connectivity index (χ1) is 9.20. The zero-order chi connectivity index (χ0) is 15.3. The molecule has 0 unspecified atom stereocenters. The third-order valence-electron chi connectivity index (χ3n) is 2.16. The number of non-ortho nitro benzene ring substituents is 1. The number of nitro benzene ring substituents is 1. The number of hydrogen-bond donors (Lipinski definition) is 1. The molecule has 0 fully saturated rings.